The van der Waals surface area contributed by atoms with Gasteiger partial charge in [-0.15, -0.1) is 0 Å². The molecule has 1 aliphatic rings. The van der Waals surface area contributed by atoms with Crippen molar-refractivity contribution in [3.8, 4) is 0 Å². The van der Waals surface area contributed by atoms with E-state index in [1.807, 2.05) is 35.0 Å². The van der Waals surface area contributed by atoms with Gasteiger partial charge in [-0.25, -0.2) is 9.97 Å². The quantitative estimate of drug-likeness (QED) is 0.590. The minimum Gasteiger partial charge on any atom is -0.444 e. The Morgan fingerprint density at radius 1 is 1.36 bits per heavy atom. The third-order valence-electron chi connectivity index (χ3n) is 5.44. The Labute approximate surface area is 166 Å². The topological polar surface area (TPSA) is 87.6 Å². The molecule has 2 aromatic heterocycles. The highest BCUT2D eigenvalue weighted by atomic mass is 16.4. The molecule has 0 unspecified atom stereocenters. The second-order valence-electron chi connectivity index (χ2n) is 7.55. The lowest BCUT2D eigenvalue weighted by Crippen LogP contribution is -2.43. The fourth-order valence-electron chi connectivity index (χ4n) is 3.52. The van der Waals surface area contributed by atoms with Crippen LogP contribution in [0.3, 0.4) is 0 Å². The Hall–Kier alpha value is -2.42. The number of nitrogens with one attached hydrogen (secondary N) is 1. The molecular formula is C19H32N8O. The maximum absolute atomic E-state index is 5.72. The minimum absolute atomic E-state index is 0.643. The number of piperidine rings is 1. The molecule has 1 fully saturated rings. The molecule has 2 aromatic rings. The van der Waals surface area contributed by atoms with Crippen molar-refractivity contribution in [1.29, 1.82) is 0 Å². The second kappa shape index (κ2) is 9.18. The van der Waals surface area contributed by atoms with Gasteiger partial charge in [0.15, 0.2) is 5.96 Å². The van der Waals surface area contributed by atoms with Gasteiger partial charge in [-0.2, -0.15) is 5.10 Å². The number of aryl methyl sites for hydroxylation is 3. The Balaban J connectivity index is 1.42. The predicted octanol–water partition coefficient (Wildman–Crippen LogP) is 1.34. The van der Waals surface area contributed by atoms with Crippen LogP contribution in [0.4, 0.5) is 0 Å². The summed E-state index contributed by atoms with van der Waals surface area (Å²) < 4.78 is 7.51. The third kappa shape index (κ3) is 5.09. The SMILES string of the molecule is CN=C(NCC1CCN(Cc2nc(C)c(C)o2)CC1)N(C)Cc1ncnn1C. The van der Waals surface area contributed by atoms with Crippen LogP contribution in [-0.4, -0.2) is 69.2 Å². The Kier molecular flexibility index (Phi) is 6.66. The summed E-state index contributed by atoms with van der Waals surface area (Å²) in [5, 5.41) is 7.64. The molecule has 1 aliphatic heterocycles. The molecule has 0 spiro atoms. The van der Waals surface area contributed by atoms with Gasteiger partial charge >= 0.3 is 0 Å². The van der Waals surface area contributed by atoms with Crippen LogP contribution < -0.4 is 5.32 Å². The van der Waals surface area contributed by atoms with Crippen LogP contribution in [0.15, 0.2) is 15.7 Å². The summed E-state index contributed by atoms with van der Waals surface area (Å²) in [6.07, 6.45) is 3.90. The molecule has 9 heteroatoms. The highest BCUT2D eigenvalue weighted by Crippen LogP contribution is 2.19. The van der Waals surface area contributed by atoms with E-state index in [4.69, 9.17) is 4.42 Å². The summed E-state index contributed by atoms with van der Waals surface area (Å²) in [5.74, 6) is 4.19. The van der Waals surface area contributed by atoms with Crippen molar-refractivity contribution in [1.82, 2.24) is 34.9 Å². The van der Waals surface area contributed by atoms with Gasteiger partial charge in [0.25, 0.3) is 0 Å². The van der Waals surface area contributed by atoms with Gasteiger partial charge in [0, 0.05) is 27.7 Å². The zero-order valence-electron chi connectivity index (χ0n) is 17.6. The monoisotopic (exact) mass is 388 g/mol. The smallest absolute Gasteiger partial charge is 0.208 e. The average Bonchev–Trinajstić information content (AvgIpc) is 3.21. The van der Waals surface area contributed by atoms with E-state index in [0.29, 0.717) is 12.5 Å². The summed E-state index contributed by atoms with van der Waals surface area (Å²) >= 11 is 0. The highest BCUT2D eigenvalue weighted by molar-refractivity contribution is 5.79. The summed E-state index contributed by atoms with van der Waals surface area (Å²) in [6.45, 7) is 8.51. The summed E-state index contributed by atoms with van der Waals surface area (Å²) in [5.41, 5.74) is 0.992. The highest BCUT2D eigenvalue weighted by Gasteiger charge is 2.21. The Morgan fingerprint density at radius 2 is 2.11 bits per heavy atom. The first-order valence-corrected chi connectivity index (χ1v) is 9.86. The largest absolute Gasteiger partial charge is 0.444 e. The van der Waals surface area contributed by atoms with E-state index in [9.17, 15) is 0 Å². The van der Waals surface area contributed by atoms with Crippen molar-refractivity contribution in [2.75, 3.05) is 33.7 Å². The average molecular weight is 389 g/mol. The molecule has 3 heterocycles. The molecule has 0 bridgehead atoms. The summed E-state index contributed by atoms with van der Waals surface area (Å²) in [7, 11) is 5.74. The molecule has 154 valence electrons. The zero-order chi connectivity index (χ0) is 20.1. The van der Waals surface area contributed by atoms with Crippen molar-refractivity contribution < 1.29 is 4.42 Å². The van der Waals surface area contributed by atoms with Crippen LogP contribution in [0.2, 0.25) is 0 Å². The first-order valence-electron chi connectivity index (χ1n) is 9.86. The summed E-state index contributed by atoms with van der Waals surface area (Å²) in [6, 6.07) is 0. The van der Waals surface area contributed by atoms with Crippen molar-refractivity contribution in [2.45, 2.75) is 39.8 Å². The van der Waals surface area contributed by atoms with Crippen LogP contribution in [0, 0.1) is 19.8 Å². The minimum atomic E-state index is 0.643. The maximum Gasteiger partial charge on any atom is 0.208 e. The predicted molar refractivity (Wildman–Crippen MR) is 108 cm³/mol. The van der Waals surface area contributed by atoms with Gasteiger partial charge in [-0.1, -0.05) is 0 Å². The standard InChI is InChI=1S/C19H32N8O/c1-14-15(2)28-18(24-14)12-27-8-6-16(7-9-27)10-21-19(20-3)25(4)11-17-22-13-23-26(17)5/h13,16H,6-12H2,1-5H3,(H,20,21). The van der Waals surface area contributed by atoms with Crippen molar-refractivity contribution in [3.63, 3.8) is 0 Å². The van der Waals surface area contributed by atoms with Gasteiger partial charge in [-0.05, 0) is 45.7 Å². The zero-order valence-corrected chi connectivity index (χ0v) is 17.6. The lowest BCUT2D eigenvalue weighted by Gasteiger charge is -2.32. The van der Waals surface area contributed by atoms with E-state index >= 15 is 0 Å². The van der Waals surface area contributed by atoms with Crippen LogP contribution in [0.1, 0.15) is 36.0 Å². The van der Waals surface area contributed by atoms with Crippen LogP contribution in [-0.2, 0) is 20.1 Å². The summed E-state index contributed by atoms with van der Waals surface area (Å²) in [4.78, 5) is 17.7. The Morgan fingerprint density at radius 3 is 2.68 bits per heavy atom. The van der Waals surface area contributed by atoms with Crippen LogP contribution in [0.5, 0.6) is 0 Å². The lowest BCUT2D eigenvalue weighted by atomic mass is 9.97. The normalized spacial score (nSPS) is 16.5. The molecule has 1 saturated heterocycles. The third-order valence-corrected chi connectivity index (χ3v) is 5.44. The molecule has 0 aliphatic carbocycles. The molecule has 0 saturated carbocycles. The Bertz CT molecular complexity index is 768. The van der Waals surface area contributed by atoms with E-state index in [0.717, 1.165) is 68.1 Å². The van der Waals surface area contributed by atoms with Crippen LogP contribution in [0.25, 0.3) is 0 Å². The fraction of sp³-hybridized carbons (Fsp3) is 0.684. The molecule has 1 N–H and O–H groups in total. The van der Waals surface area contributed by atoms with E-state index in [2.05, 4.69) is 35.2 Å². The van der Waals surface area contributed by atoms with Crippen molar-refractivity contribution in [3.05, 3.63) is 29.5 Å². The van der Waals surface area contributed by atoms with Gasteiger partial charge in [0.2, 0.25) is 5.89 Å². The first-order chi connectivity index (χ1) is 13.5. The number of aromatic nitrogens is 4. The molecule has 0 amide bonds. The number of rotatable bonds is 6. The lowest BCUT2D eigenvalue weighted by molar-refractivity contribution is 0.163. The van der Waals surface area contributed by atoms with Crippen molar-refractivity contribution in [2.24, 2.45) is 18.0 Å². The van der Waals surface area contributed by atoms with E-state index < -0.39 is 0 Å². The number of hydrogen-bond acceptors (Lipinski definition) is 6. The number of oxazole rings is 1. The number of guanidine groups is 1. The number of hydrogen-bond donors (Lipinski definition) is 1. The molecule has 0 aromatic carbocycles. The van der Waals surface area contributed by atoms with Gasteiger partial charge < -0.3 is 14.6 Å². The van der Waals surface area contributed by atoms with Gasteiger partial charge in [-0.3, -0.25) is 14.6 Å². The van der Waals surface area contributed by atoms with E-state index in [1.165, 1.54) is 0 Å². The molecule has 3 rings (SSSR count). The van der Waals surface area contributed by atoms with Gasteiger partial charge in [0.1, 0.15) is 17.9 Å². The van der Waals surface area contributed by atoms with E-state index in [1.54, 1.807) is 11.0 Å². The van der Waals surface area contributed by atoms with Crippen LogP contribution >= 0.6 is 0 Å². The first kappa shape index (κ1) is 20.3. The molecule has 0 atom stereocenters. The molecule has 28 heavy (non-hydrogen) atoms. The molecule has 9 nitrogen and oxygen atoms in total. The molecule has 0 radical (unpaired) electrons. The maximum atomic E-state index is 5.72. The van der Waals surface area contributed by atoms with Crippen molar-refractivity contribution >= 4 is 5.96 Å². The van der Waals surface area contributed by atoms with E-state index in [-0.39, 0.29) is 0 Å². The molecular weight excluding hydrogens is 356 g/mol. The fourth-order valence-corrected chi connectivity index (χ4v) is 3.52. The number of nitrogens with zero attached hydrogens (tertiary/aromatic N) is 7. The second-order valence-corrected chi connectivity index (χ2v) is 7.55. The number of likely N-dealkylation sites (tertiary alicyclic amines) is 1. The number of aliphatic imine (C=N–C) groups is 1. The van der Waals surface area contributed by atoms with Gasteiger partial charge in [0.05, 0.1) is 18.8 Å².